The molecule has 6 nitrogen and oxygen atoms in total. The number of methoxy groups -OCH3 is 1. The first-order chi connectivity index (χ1) is 14.1. The number of H-pyrrole nitrogens is 2. The zero-order chi connectivity index (χ0) is 20.2. The standard InChI is InChI=1S/C22H20BrN3O3.ClH/c1-28-20-10-15(9-17(23)21(20)29-13-14-5-3-2-4-6-14)12-24-16-7-8-18-19(11-16)26-22(27)25-18;/h2-11,24H,12-13H2,1H3,(H2,25,26,27);1H/p-1. The highest BCUT2D eigenvalue weighted by atomic mass is 79.9. The van der Waals surface area contributed by atoms with Crippen molar-refractivity contribution in [2.75, 3.05) is 12.4 Å². The molecule has 0 aliphatic rings. The van der Waals surface area contributed by atoms with Crippen molar-refractivity contribution in [2.45, 2.75) is 13.2 Å². The highest BCUT2D eigenvalue weighted by Crippen LogP contribution is 2.37. The molecule has 0 radical (unpaired) electrons. The van der Waals surface area contributed by atoms with Crippen molar-refractivity contribution in [1.29, 1.82) is 0 Å². The summed E-state index contributed by atoms with van der Waals surface area (Å²) in [5.41, 5.74) is 4.37. The molecule has 0 saturated carbocycles. The van der Waals surface area contributed by atoms with E-state index in [9.17, 15) is 4.79 Å². The van der Waals surface area contributed by atoms with Gasteiger partial charge >= 0.3 is 5.69 Å². The summed E-state index contributed by atoms with van der Waals surface area (Å²) in [6, 6.07) is 19.6. The molecule has 0 aliphatic heterocycles. The average molecular weight is 490 g/mol. The van der Waals surface area contributed by atoms with Crippen LogP contribution in [0.5, 0.6) is 11.5 Å². The number of hydrogen-bond acceptors (Lipinski definition) is 4. The van der Waals surface area contributed by atoms with E-state index in [1.54, 1.807) is 7.11 Å². The van der Waals surface area contributed by atoms with Crippen LogP contribution < -0.4 is 32.9 Å². The first-order valence-corrected chi connectivity index (χ1v) is 9.91. The van der Waals surface area contributed by atoms with Crippen LogP contribution >= 0.6 is 15.9 Å². The number of rotatable bonds is 7. The zero-order valence-electron chi connectivity index (χ0n) is 16.2. The van der Waals surface area contributed by atoms with E-state index < -0.39 is 0 Å². The van der Waals surface area contributed by atoms with Gasteiger partial charge in [-0.15, -0.1) is 0 Å². The van der Waals surface area contributed by atoms with Crippen molar-refractivity contribution in [3.63, 3.8) is 0 Å². The molecule has 3 aromatic carbocycles. The van der Waals surface area contributed by atoms with E-state index in [4.69, 9.17) is 9.47 Å². The van der Waals surface area contributed by atoms with Gasteiger partial charge in [-0.3, -0.25) is 0 Å². The highest BCUT2D eigenvalue weighted by molar-refractivity contribution is 9.10. The summed E-state index contributed by atoms with van der Waals surface area (Å²) in [7, 11) is 1.63. The Hall–Kier alpha value is -2.90. The Bertz CT molecular complexity index is 1190. The van der Waals surface area contributed by atoms with E-state index >= 15 is 0 Å². The summed E-state index contributed by atoms with van der Waals surface area (Å²) >= 11 is 3.60. The second-order valence-electron chi connectivity index (χ2n) is 6.58. The number of ether oxygens (including phenoxy) is 2. The average Bonchev–Trinajstić information content (AvgIpc) is 3.11. The van der Waals surface area contributed by atoms with E-state index in [-0.39, 0.29) is 18.1 Å². The van der Waals surface area contributed by atoms with Crippen LogP contribution in [0.1, 0.15) is 11.1 Å². The lowest BCUT2D eigenvalue weighted by molar-refractivity contribution is -0.00000640. The smallest absolute Gasteiger partial charge is 0.323 e. The normalized spacial score (nSPS) is 10.5. The summed E-state index contributed by atoms with van der Waals surface area (Å²) in [5.74, 6) is 1.34. The van der Waals surface area contributed by atoms with Gasteiger partial charge in [-0.1, -0.05) is 30.3 Å². The lowest BCUT2D eigenvalue weighted by atomic mass is 10.2. The van der Waals surface area contributed by atoms with Crippen molar-refractivity contribution < 1.29 is 21.9 Å². The Labute approximate surface area is 188 Å². The van der Waals surface area contributed by atoms with Gasteiger partial charge in [0, 0.05) is 12.2 Å². The highest BCUT2D eigenvalue weighted by Gasteiger charge is 2.12. The maximum Gasteiger partial charge on any atom is 0.323 e. The van der Waals surface area contributed by atoms with Crippen LogP contribution in [0.2, 0.25) is 0 Å². The molecule has 4 aromatic rings. The molecule has 0 saturated heterocycles. The van der Waals surface area contributed by atoms with Crippen molar-refractivity contribution in [3.8, 4) is 11.5 Å². The number of imidazole rings is 1. The Morgan fingerprint density at radius 3 is 2.50 bits per heavy atom. The van der Waals surface area contributed by atoms with E-state index in [0.29, 0.717) is 24.7 Å². The Morgan fingerprint density at radius 1 is 0.967 bits per heavy atom. The van der Waals surface area contributed by atoms with Gasteiger partial charge in [0.05, 0.1) is 22.6 Å². The number of nitrogens with one attached hydrogen (secondary N) is 3. The fraction of sp³-hybridized carbons (Fsp3) is 0.136. The van der Waals surface area contributed by atoms with E-state index in [1.165, 1.54) is 0 Å². The third-order valence-electron chi connectivity index (χ3n) is 4.53. The minimum atomic E-state index is -0.211. The second kappa shape index (κ2) is 9.73. The maximum atomic E-state index is 11.4. The van der Waals surface area contributed by atoms with Crippen LogP contribution in [0.25, 0.3) is 11.0 Å². The molecule has 0 atom stereocenters. The minimum Gasteiger partial charge on any atom is -1.00 e. The minimum absolute atomic E-state index is 0. The van der Waals surface area contributed by atoms with Crippen molar-refractivity contribution in [3.05, 3.63) is 86.7 Å². The van der Waals surface area contributed by atoms with Gasteiger partial charge in [0.25, 0.3) is 0 Å². The predicted molar refractivity (Wildman–Crippen MR) is 118 cm³/mol. The first-order valence-electron chi connectivity index (χ1n) is 9.11. The maximum absolute atomic E-state index is 11.4. The van der Waals surface area contributed by atoms with Crippen molar-refractivity contribution >= 4 is 32.7 Å². The molecule has 156 valence electrons. The first kappa shape index (κ1) is 21.8. The molecular weight excluding hydrogens is 470 g/mol. The molecule has 0 spiro atoms. The fourth-order valence-corrected chi connectivity index (χ4v) is 3.70. The van der Waals surface area contributed by atoms with E-state index in [0.717, 1.165) is 32.3 Å². The number of aromatic nitrogens is 2. The lowest BCUT2D eigenvalue weighted by Gasteiger charge is -2.15. The molecule has 3 N–H and O–H groups in total. The quantitative estimate of drug-likeness (QED) is 0.370. The van der Waals surface area contributed by atoms with Gasteiger partial charge < -0.3 is 37.2 Å². The van der Waals surface area contributed by atoms with Gasteiger partial charge in [-0.05, 0) is 57.4 Å². The summed E-state index contributed by atoms with van der Waals surface area (Å²) in [4.78, 5) is 16.9. The molecule has 30 heavy (non-hydrogen) atoms. The van der Waals surface area contributed by atoms with Crippen LogP contribution in [0, 0.1) is 0 Å². The molecule has 1 heterocycles. The topological polar surface area (TPSA) is 79.1 Å². The Balaban J connectivity index is 0.00000256. The molecule has 0 fully saturated rings. The summed E-state index contributed by atoms with van der Waals surface area (Å²) in [5, 5.41) is 3.37. The summed E-state index contributed by atoms with van der Waals surface area (Å²) < 4.78 is 12.4. The van der Waals surface area contributed by atoms with Gasteiger partial charge in [-0.2, -0.15) is 0 Å². The van der Waals surface area contributed by atoms with Crippen molar-refractivity contribution in [2.24, 2.45) is 0 Å². The zero-order valence-corrected chi connectivity index (χ0v) is 18.5. The van der Waals surface area contributed by atoms with Crippen molar-refractivity contribution in [1.82, 2.24) is 9.97 Å². The molecular formula is C22H20BrClN3O3-. The fourth-order valence-electron chi connectivity index (χ4n) is 3.09. The lowest BCUT2D eigenvalue weighted by Crippen LogP contribution is -3.00. The molecule has 4 rings (SSSR count). The number of hydrogen-bond donors (Lipinski definition) is 3. The molecule has 0 aliphatic carbocycles. The van der Waals surface area contributed by atoms with E-state index in [1.807, 2.05) is 60.7 Å². The third-order valence-corrected chi connectivity index (χ3v) is 5.12. The van der Waals surface area contributed by atoms with Crippen LogP contribution in [-0.2, 0) is 13.2 Å². The van der Waals surface area contributed by atoms with Gasteiger partial charge in [-0.25, -0.2) is 4.79 Å². The molecule has 1 aromatic heterocycles. The SMILES string of the molecule is COc1cc(CNc2ccc3[nH]c(=O)[nH]c3c2)cc(Br)c1OCc1ccccc1.[Cl-]. The largest absolute Gasteiger partial charge is 1.00 e. The van der Waals surface area contributed by atoms with Crippen LogP contribution in [0.3, 0.4) is 0 Å². The monoisotopic (exact) mass is 488 g/mol. The number of halogens is 2. The summed E-state index contributed by atoms with van der Waals surface area (Å²) in [6.45, 7) is 1.05. The number of fused-ring (bicyclic) bond motifs is 1. The number of anilines is 1. The molecule has 0 bridgehead atoms. The van der Waals surface area contributed by atoms with Gasteiger partial charge in [0.2, 0.25) is 0 Å². The van der Waals surface area contributed by atoms with E-state index in [2.05, 4.69) is 31.2 Å². The van der Waals surface area contributed by atoms with Gasteiger partial charge in [0.1, 0.15) is 6.61 Å². The molecule has 8 heteroatoms. The van der Waals surface area contributed by atoms with Crippen LogP contribution in [-0.4, -0.2) is 17.1 Å². The van der Waals surface area contributed by atoms with Crippen LogP contribution in [0.15, 0.2) is 69.9 Å². The number of benzene rings is 3. The Morgan fingerprint density at radius 2 is 1.73 bits per heavy atom. The second-order valence-corrected chi connectivity index (χ2v) is 7.43. The van der Waals surface area contributed by atoms with Gasteiger partial charge in [0.15, 0.2) is 11.5 Å². The molecule has 0 amide bonds. The Kier molecular flexibility index (Phi) is 7.07. The third kappa shape index (κ3) is 4.98. The number of aromatic amines is 2. The molecule has 0 unspecified atom stereocenters. The summed E-state index contributed by atoms with van der Waals surface area (Å²) in [6.07, 6.45) is 0. The van der Waals surface area contributed by atoms with Crippen LogP contribution in [0.4, 0.5) is 5.69 Å². The predicted octanol–water partition coefficient (Wildman–Crippen LogP) is 1.82.